The molecule has 0 aliphatic carbocycles. The molecule has 2 aromatic rings. The van der Waals surface area contributed by atoms with Gasteiger partial charge in [-0.3, -0.25) is 19.2 Å². The van der Waals surface area contributed by atoms with Crippen molar-refractivity contribution in [2.24, 2.45) is 12.0 Å². The van der Waals surface area contributed by atoms with E-state index in [1.165, 1.54) is 4.57 Å². The zero-order valence-corrected chi connectivity index (χ0v) is 18.2. The summed E-state index contributed by atoms with van der Waals surface area (Å²) in [4.78, 5) is 30.2. The molecule has 1 saturated heterocycles. The predicted molar refractivity (Wildman–Crippen MR) is 122 cm³/mol. The van der Waals surface area contributed by atoms with Gasteiger partial charge in [-0.25, -0.2) is 4.99 Å². The third kappa shape index (κ3) is 5.90. The average Bonchev–Trinajstić information content (AvgIpc) is 2.81. The van der Waals surface area contributed by atoms with Gasteiger partial charge in [-0.2, -0.15) is 4.98 Å². The molecule has 0 aromatic carbocycles. The Labute approximate surface area is 182 Å². The van der Waals surface area contributed by atoms with Crippen molar-refractivity contribution in [3.8, 4) is 17.9 Å². The monoisotopic (exact) mass is 423 g/mol. The number of hydrogen-bond donors (Lipinski definition) is 1. The van der Waals surface area contributed by atoms with Crippen LogP contribution in [0.2, 0.25) is 0 Å². The summed E-state index contributed by atoms with van der Waals surface area (Å²) in [6.07, 6.45) is 2.35. The van der Waals surface area contributed by atoms with Gasteiger partial charge in [0, 0.05) is 51.5 Å². The number of piperazine rings is 1. The van der Waals surface area contributed by atoms with Crippen LogP contribution < -0.4 is 20.5 Å². The Kier molecular flexibility index (Phi) is 8.15. The Morgan fingerprint density at radius 1 is 1.35 bits per heavy atom. The number of nitrogens with one attached hydrogen (secondary N) is 1. The van der Waals surface area contributed by atoms with Crippen LogP contribution in [0.4, 0.5) is 11.5 Å². The van der Waals surface area contributed by atoms with Gasteiger partial charge in [0.15, 0.2) is 11.5 Å². The van der Waals surface area contributed by atoms with Crippen LogP contribution in [0.15, 0.2) is 34.2 Å². The number of anilines is 1. The molecule has 0 amide bonds. The summed E-state index contributed by atoms with van der Waals surface area (Å²) in [7, 11) is 1.65. The van der Waals surface area contributed by atoms with Crippen LogP contribution >= 0.6 is 0 Å². The maximum Gasteiger partial charge on any atom is 0.301 e. The second-order valence-electron chi connectivity index (χ2n) is 7.14. The second kappa shape index (κ2) is 11.2. The fraction of sp³-hybridized carbons (Fsp3) is 0.455. The van der Waals surface area contributed by atoms with E-state index in [0.29, 0.717) is 31.9 Å². The van der Waals surface area contributed by atoms with Gasteiger partial charge in [-0.15, -0.1) is 5.92 Å². The van der Waals surface area contributed by atoms with Gasteiger partial charge in [0.05, 0.1) is 19.8 Å². The van der Waals surface area contributed by atoms with Gasteiger partial charge in [-0.05, 0) is 25.8 Å². The van der Waals surface area contributed by atoms with Crippen LogP contribution in [0.1, 0.15) is 12.6 Å². The first-order valence-corrected chi connectivity index (χ1v) is 10.3. The summed E-state index contributed by atoms with van der Waals surface area (Å²) in [5.74, 6) is 6.22. The summed E-state index contributed by atoms with van der Waals surface area (Å²) in [6, 6.07) is 5.93. The molecule has 0 atom stereocenters. The zero-order chi connectivity index (χ0) is 22.1. The lowest BCUT2D eigenvalue weighted by Crippen LogP contribution is -2.49. The quantitative estimate of drug-likeness (QED) is 0.472. The van der Waals surface area contributed by atoms with Crippen LogP contribution in [-0.2, 0) is 13.5 Å². The first-order valence-electron chi connectivity index (χ1n) is 10.3. The lowest BCUT2D eigenvalue weighted by atomic mass is 10.3. The van der Waals surface area contributed by atoms with E-state index in [2.05, 4.69) is 43.7 Å². The van der Waals surface area contributed by atoms with Gasteiger partial charge in [0.25, 0.3) is 5.56 Å². The van der Waals surface area contributed by atoms with E-state index in [9.17, 15) is 4.79 Å². The number of pyridine rings is 1. The van der Waals surface area contributed by atoms with E-state index >= 15 is 0 Å². The highest BCUT2D eigenvalue weighted by molar-refractivity contribution is 5.65. The smallest absolute Gasteiger partial charge is 0.301 e. The highest BCUT2D eigenvalue weighted by atomic mass is 16.5. The maximum absolute atomic E-state index is 13.3. The minimum atomic E-state index is -0.238. The molecule has 2 aromatic heterocycles. The van der Waals surface area contributed by atoms with E-state index in [1.54, 1.807) is 20.2 Å². The van der Waals surface area contributed by atoms with Crippen molar-refractivity contribution in [1.29, 1.82) is 0 Å². The van der Waals surface area contributed by atoms with Crippen molar-refractivity contribution in [2.75, 3.05) is 50.9 Å². The van der Waals surface area contributed by atoms with E-state index in [1.807, 2.05) is 23.1 Å². The van der Waals surface area contributed by atoms with Crippen LogP contribution in [0.3, 0.4) is 0 Å². The van der Waals surface area contributed by atoms with E-state index in [0.717, 1.165) is 31.9 Å². The fourth-order valence-electron chi connectivity index (χ4n) is 3.34. The number of nitrogens with zero attached hydrogens (tertiary/aromatic N) is 6. The molecule has 0 bridgehead atoms. The molecule has 164 valence electrons. The first-order chi connectivity index (χ1) is 15.1. The highest BCUT2D eigenvalue weighted by Gasteiger charge is 2.23. The molecule has 1 N–H and O–H groups in total. The maximum atomic E-state index is 13.3. The largest absolute Gasteiger partial charge is 0.464 e. The molecule has 9 nitrogen and oxygen atoms in total. The Hall–Kier alpha value is -3.22. The predicted octanol–water partition coefficient (Wildman–Crippen LogP) is 0.821. The van der Waals surface area contributed by atoms with E-state index in [4.69, 9.17) is 4.74 Å². The summed E-state index contributed by atoms with van der Waals surface area (Å²) < 4.78 is 7.20. The summed E-state index contributed by atoms with van der Waals surface area (Å²) >= 11 is 0. The summed E-state index contributed by atoms with van der Waals surface area (Å²) in [5.41, 5.74) is 1.06. The number of aromatic nitrogens is 3. The normalized spacial score (nSPS) is 13.9. The summed E-state index contributed by atoms with van der Waals surface area (Å²) in [6.45, 7) is 10.4. The number of ether oxygens (including phenoxy) is 1. The minimum Gasteiger partial charge on any atom is -0.464 e. The fourth-order valence-corrected chi connectivity index (χ4v) is 3.34. The Bertz CT molecular complexity index is 989. The topological polar surface area (TPSA) is 87.9 Å². The van der Waals surface area contributed by atoms with Crippen molar-refractivity contribution in [1.82, 2.24) is 24.8 Å². The summed E-state index contributed by atoms with van der Waals surface area (Å²) in [5, 5.41) is 3.34. The molecule has 0 spiro atoms. The van der Waals surface area contributed by atoms with Crippen molar-refractivity contribution < 1.29 is 4.74 Å². The molecule has 1 aliphatic heterocycles. The molecular weight excluding hydrogens is 394 g/mol. The van der Waals surface area contributed by atoms with Gasteiger partial charge in [0.1, 0.15) is 0 Å². The molecule has 0 unspecified atom stereocenters. The molecular formula is C22H29N7O2. The van der Waals surface area contributed by atoms with Crippen LogP contribution in [-0.4, -0.2) is 72.2 Å². The van der Waals surface area contributed by atoms with Gasteiger partial charge >= 0.3 is 6.01 Å². The standard InChI is InChI=1S/C22H29N7O2/c1-4-5-13-29(17-28-14-11-24-12-15-28)19-20(23-2)26-22(27(3)21(19)30)31-16-9-18-8-6-7-10-25-18/h6-8,10,24H,2,9,11-17H2,1,3H3. The zero-order valence-electron chi connectivity index (χ0n) is 18.2. The van der Waals surface area contributed by atoms with Crippen LogP contribution in [0, 0.1) is 11.8 Å². The second-order valence-corrected chi connectivity index (χ2v) is 7.14. The number of aliphatic imine (C=N–C) groups is 1. The van der Waals surface area contributed by atoms with Crippen molar-refractivity contribution >= 4 is 18.2 Å². The Morgan fingerprint density at radius 3 is 2.84 bits per heavy atom. The van der Waals surface area contributed by atoms with Crippen molar-refractivity contribution in [3.05, 3.63) is 40.4 Å². The average molecular weight is 424 g/mol. The Balaban J connectivity index is 1.83. The molecule has 9 heteroatoms. The molecule has 3 heterocycles. The molecule has 1 fully saturated rings. The number of rotatable bonds is 9. The molecule has 3 rings (SSSR count). The lowest BCUT2D eigenvalue weighted by Gasteiger charge is -2.33. The van der Waals surface area contributed by atoms with E-state index in [-0.39, 0.29) is 17.4 Å². The van der Waals surface area contributed by atoms with Gasteiger partial charge in [-0.1, -0.05) is 12.0 Å². The highest BCUT2D eigenvalue weighted by Crippen LogP contribution is 2.25. The first kappa shape index (κ1) is 22.5. The molecule has 0 saturated carbocycles. The Morgan fingerprint density at radius 2 is 2.16 bits per heavy atom. The van der Waals surface area contributed by atoms with Gasteiger partial charge in [0.2, 0.25) is 0 Å². The lowest BCUT2D eigenvalue weighted by molar-refractivity contribution is 0.241. The van der Waals surface area contributed by atoms with Crippen molar-refractivity contribution in [2.45, 2.75) is 13.3 Å². The molecule has 0 radical (unpaired) electrons. The van der Waals surface area contributed by atoms with Gasteiger partial charge < -0.3 is 15.0 Å². The van der Waals surface area contributed by atoms with E-state index < -0.39 is 0 Å². The number of hydrogen-bond acceptors (Lipinski definition) is 8. The van der Waals surface area contributed by atoms with Crippen LogP contribution in [0.5, 0.6) is 6.01 Å². The SMILES string of the molecule is C=Nc1nc(OCCc2ccccn2)n(C)c(=O)c1N(CC#CC)CN1CCNCC1. The molecule has 31 heavy (non-hydrogen) atoms. The molecule has 1 aliphatic rings. The third-order valence-electron chi connectivity index (χ3n) is 5.02. The minimum absolute atomic E-state index is 0.204. The van der Waals surface area contributed by atoms with Crippen molar-refractivity contribution in [3.63, 3.8) is 0 Å². The third-order valence-corrected chi connectivity index (χ3v) is 5.02. The van der Waals surface area contributed by atoms with Crippen LogP contribution in [0.25, 0.3) is 0 Å².